The van der Waals surface area contributed by atoms with Gasteiger partial charge < -0.3 is 0 Å². The van der Waals surface area contributed by atoms with Crippen molar-refractivity contribution < 1.29 is 0 Å². The number of nitrogens with zero attached hydrogens (tertiary/aromatic N) is 2. The van der Waals surface area contributed by atoms with Gasteiger partial charge in [-0.05, 0) is 12.1 Å². The summed E-state index contributed by atoms with van der Waals surface area (Å²) in [5, 5.41) is 8.24. The summed E-state index contributed by atoms with van der Waals surface area (Å²) in [5.74, 6) is 2.05. The minimum Gasteiger partial charge on any atom is -0.256 e. The van der Waals surface area contributed by atoms with E-state index in [0.29, 0.717) is 0 Å². The van der Waals surface area contributed by atoms with Crippen molar-refractivity contribution in [3.8, 4) is 5.81 Å². The van der Waals surface area contributed by atoms with Gasteiger partial charge in [0.15, 0.2) is 0 Å². The van der Waals surface area contributed by atoms with Gasteiger partial charge in [-0.2, -0.15) is 5.26 Å². The van der Waals surface area contributed by atoms with E-state index in [1.165, 1.54) is 0 Å². The second-order valence-corrected chi connectivity index (χ2v) is 2.44. The molecular weight excluding hydrogens is 131 g/mol. The number of aromatic nitrogens is 1. The highest BCUT2D eigenvalue weighted by molar-refractivity contribution is 7.52. The Morgan fingerprint density at radius 2 is 2.44 bits per heavy atom. The maximum absolute atomic E-state index is 8.24. The quantitative estimate of drug-likeness (QED) is 0.537. The molecule has 44 valence electrons. The summed E-state index contributed by atoms with van der Waals surface area (Å²) in [6, 6.07) is 5.57. The molecular formula is C6H5N2P. The zero-order chi connectivity index (χ0) is 6.53. The van der Waals surface area contributed by atoms with E-state index in [0.717, 1.165) is 5.44 Å². The first-order valence-electron chi connectivity index (χ1n) is 2.49. The normalized spacial score (nSPS) is 9.67. The Morgan fingerprint density at radius 3 is 3.00 bits per heavy atom. The van der Waals surface area contributed by atoms with Crippen LogP contribution in [0.1, 0.15) is 0 Å². The van der Waals surface area contributed by atoms with Gasteiger partial charge in [-0.25, -0.2) is 0 Å². The molecule has 1 aromatic heterocycles. The molecule has 0 N–H and O–H groups in total. The maximum atomic E-state index is 8.24. The van der Waals surface area contributed by atoms with Crippen LogP contribution in [0.5, 0.6) is 0 Å². The van der Waals surface area contributed by atoms with Crippen LogP contribution in [0.2, 0.25) is 0 Å². The smallest absolute Gasteiger partial charge is 0.0903 e. The van der Waals surface area contributed by atoms with Crippen LogP contribution < -0.4 is 5.44 Å². The zero-order valence-electron chi connectivity index (χ0n) is 4.70. The molecule has 0 aliphatic heterocycles. The van der Waals surface area contributed by atoms with Crippen molar-refractivity contribution in [1.82, 2.24) is 4.98 Å². The molecule has 0 aromatic carbocycles. The summed E-state index contributed by atoms with van der Waals surface area (Å²) < 4.78 is 0. The summed E-state index contributed by atoms with van der Waals surface area (Å²) in [6.07, 6.45) is 1.69. The molecule has 1 heterocycles. The highest BCUT2D eigenvalue weighted by Crippen LogP contribution is 2.01. The molecule has 0 spiro atoms. The van der Waals surface area contributed by atoms with Crippen molar-refractivity contribution in [2.24, 2.45) is 0 Å². The van der Waals surface area contributed by atoms with Gasteiger partial charge >= 0.3 is 0 Å². The van der Waals surface area contributed by atoms with E-state index >= 15 is 0 Å². The van der Waals surface area contributed by atoms with Crippen LogP contribution >= 0.6 is 8.58 Å². The van der Waals surface area contributed by atoms with E-state index in [2.05, 4.69) is 4.98 Å². The van der Waals surface area contributed by atoms with Crippen molar-refractivity contribution in [2.45, 2.75) is 0 Å². The lowest BCUT2D eigenvalue weighted by Crippen LogP contribution is -1.95. The van der Waals surface area contributed by atoms with Gasteiger partial charge in [0.1, 0.15) is 0 Å². The molecule has 0 amide bonds. The van der Waals surface area contributed by atoms with Gasteiger partial charge in [-0.3, -0.25) is 4.98 Å². The number of hydrogen-bond acceptors (Lipinski definition) is 2. The van der Waals surface area contributed by atoms with Crippen LogP contribution in [-0.2, 0) is 0 Å². The van der Waals surface area contributed by atoms with Crippen molar-refractivity contribution >= 4 is 14.0 Å². The van der Waals surface area contributed by atoms with E-state index in [1.807, 2.05) is 24.0 Å². The SMILES string of the molecule is N#CPc1ccccn1. The monoisotopic (exact) mass is 136 g/mol. The molecule has 0 radical (unpaired) electrons. The summed E-state index contributed by atoms with van der Waals surface area (Å²) in [7, 11) is 0.182. The lowest BCUT2D eigenvalue weighted by molar-refractivity contribution is 1.39. The summed E-state index contributed by atoms with van der Waals surface area (Å²) in [5.41, 5.74) is 0.861. The number of hydrogen-bond donors (Lipinski definition) is 0. The maximum Gasteiger partial charge on any atom is 0.0903 e. The average molecular weight is 136 g/mol. The second-order valence-electron chi connectivity index (χ2n) is 1.45. The first-order valence-corrected chi connectivity index (χ1v) is 3.49. The van der Waals surface area contributed by atoms with E-state index in [4.69, 9.17) is 5.26 Å². The number of pyridine rings is 1. The fraction of sp³-hybridized carbons (Fsp3) is 0. The van der Waals surface area contributed by atoms with Crippen LogP contribution in [0.4, 0.5) is 0 Å². The van der Waals surface area contributed by atoms with Gasteiger partial charge in [0.05, 0.1) is 11.2 Å². The van der Waals surface area contributed by atoms with Crippen molar-refractivity contribution in [3.05, 3.63) is 24.4 Å². The fourth-order valence-corrected chi connectivity index (χ4v) is 0.927. The number of nitriles is 1. The third-order valence-corrected chi connectivity index (χ3v) is 1.51. The molecule has 1 rings (SSSR count). The van der Waals surface area contributed by atoms with Crippen LogP contribution in [-0.4, -0.2) is 4.98 Å². The molecule has 0 saturated carbocycles. The molecule has 0 aliphatic carbocycles. The topological polar surface area (TPSA) is 36.7 Å². The van der Waals surface area contributed by atoms with Crippen molar-refractivity contribution in [2.75, 3.05) is 0 Å². The Balaban J connectivity index is 2.76. The van der Waals surface area contributed by atoms with E-state index in [9.17, 15) is 0 Å². The molecule has 0 fully saturated rings. The Labute approximate surface area is 55.3 Å². The van der Waals surface area contributed by atoms with E-state index < -0.39 is 0 Å². The zero-order valence-corrected chi connectivity index (χ0v) is 5.70. The first-order chi connectivity index (χ1) is 4.43. The van der Waals surface area contributed by atoms with Crippen LogP contribution in [0.15, 0.2) is 24.4 Å². The molecule has 1 aromatic rings. The van der Waals surface area contributed by atoms with Gasteiger partial charge in [0, 0.05) is 14.8 Å². The molecule has 0 bridgehead atoms. The Kier molecular flexibility index (Phi) is 2.18. The van der Waals surface area contributed by atoms with Crippen molar-refractivity contribution in [3.63, 3.8) is 0 Å². The second kappa shape index (κ2) is 3.17. The lowest BCUT2D eigenvalue weighted by Gasteiger charge is -1.87. The van der Waals surface area contributed by atoms with Gasteiger partial charge in [0.2, 0.25) is 0 Å². The third-order valence-electron chi connectivity index (χ3n) is 0.849. The van der Waals surface area contributed by atoms with Crippen LogP contribution in [0, 0.1) is 11.1 Å². The summed E-state index contributed by atoms with van der Waals surface area (Å²) >= 11 is 0. The minimum atomic E-state index is 0.182. The molecule has 0 aliphatic rings. The van der Waals surface area contributed by atoms with Gasteiger partial charge in [-0.1, -0.05) is 6.07 Å². The van der Waals surface area contributed by atoms with Gasteiger partial charge in [0.25, 0.3) is 0 Å². The Bertz CT molecular complexity index is 214. The average Bonchev–Trinajstić information content (AvgIpc) is 1.91. The van der Waals surface area contributed by atoms with E-state index in [1.54, 1.807) is 6.20 Å². The first kappa shape index (κ1) is 6.19. The largest absolute Gasteiger partial charge is 0.256 e. The number of rotatable bonds is 1. The highest BCUT2D eigenvalue weighted by Gasteiger charge is 1.86. The standard InChI is InChI=1S/C6H5N2P/c7-5-9-6-3-1-2-4-8-6/h1-4,9H. The molecule has 2 nitrogen and oxygen atoms in total. The van der Waals surface area contributed by atoms with E-state index in [-0.39, 0.29) is 8.58 Å². The van der Waals surface area contributed by atoms with Gasteiger partial charge in [-0.15, -0.1) is 0 Å². The predicted molar refractivity (Wildman–Crippen MR) is 37.8 cm³/mol. The Hall–Kier alpha value is -0.930. The van der Waals surface area contributed by atoms with Crippen LogP contribution in [0.25, 0.3) is 0 Å². The Morgan fingerprint density at radius 1 is 1.56 bits per heavy atom. The highest BCUT2D eigenvalue weighted by atomic mass is 31.1. The molecule has 3 heteroatoms. The minimum absolute atomic E-state index is 0.182. The third kappa shape index (κ3) is 1.79. The lowest BCUT2D eigenvalue weighted by atomic mass is 10.5. The predicted octanol–water partition coefficient (Wildman–Crippen LogP) is 0.866. The summed E-state index contributed by atoms with van der Waals surface area (Å²) in [4.78, 5) is 3.96. The molecule has 1 unspecified atom stereocenters. The fourth-order valence-electron chi connectivity index (χ4n) is 0.494. The van der Waals surface area contributed by atoms with Crippen molar-refractivity contribution in [1.29, 1.82) is 5.26 Å². The van der Waals surface area contributed by atoms with Crippen LogP contribution in [0.3, 0.4) is 0 Å². The molecule has 0 saturated heterocycles. The summed E-state index contributed by atoms with van der Waals surface area (Å²) in [6.45, 7) is 0. The molecule has 9 heavy (non-hydrogen) atoms. The molecule has 1 atom stereocenters.